The molecule has 1 fully saturated rings. The largest absolute Gasteiger partial charge is 0.383 e. The molecule has 14 heavy (non-hydrogen) atoms. The highest BCUT2D eigenvalue weighted by atomic mass is 16.5. The zero-order valence-corrected chi connectivity index (χ0v) is 8.91. The van der Waals surface area contributed by atoms with Crippen molar-refractivity contribution in [2.75, 3.05) is 26.9 Å². The van der Waals surface area contributed by atoms with E-state index in [1.54, 1.807) is 7.11 Å². The molecule has 1 heterocycles. The Labute approximate surface area is 85.0 Å². The third kappa shape index (κ3) is 3.64. The molecular formula is C10H19NO3. The van der Waals surface area contributed by atoms with E-state index in [-0.39, 0.29) is 17.9 Å². The van der Waals surface area contributed by atoms with Gasteiger partial charge in [-0.1, -0.05) is 0 Å². The zero-order chi connectivity index (χ0) is 10.4. The number of ether oxygens (including phenoxy) is 2. The molecule has 0 aromatic rings. The Kier molecular flexibility index (Phi) is 4.90. The number of carbonyl (C=O) groups is 1. The summed E-state index contributed by atoms with van der Waals surface area (Å²) in [7, 11) is 1.64. The highest BCUT2D eigenvalue weighted by molar-refractivity contribution is 5.78. The number of rotatable bonds is 4. The summed E-state index contributed by atoms with van der Waals surface area (Å²) in [6.45, 7) is 3.92. The summed E-state index contributed by atoms with van der Waals surface area (Å²) in [5.41, 5.74) is 0. The van der Waals surface area contributed by atoms with E-state index in [4.69, 9.17) is 9.47 Å². The minimum atomic E-state index is 0.0929. The van der Waals surface area contributed by atoms with Crippen LogP contribution >= 0.6 is 0 Å². The summed E-state index contributed by atoms with van der Waals surface area (Å²) in [5, 5.41) is 2.93. The van der Waals surface area contributed by atoms with E-state index in [0.717, 1.165) is 12.8 Å². The van der Waals surface area contributed by atoms with Crippen LogP contribution in [0.4, 0.5) is 0 Å². The second-order valence-corrected chi connectivity index (χ2v) is 3.75. The van der Waals surface area contributed by atoms with Gasteiger partial charge in [0.05, 0.1) is 6.61 Å². The lowest BCUT2D eigenvalue weighted by atomic mass is 9.99. The van der Waals surface area contributed by atoms with Crippen molar-refractivity contribution in [2.45, 2.75) is 25.8 Å². The Morgan fingerprint density at radius 2 is 2.21 bits per heavy atom. The van der Waals surface area contributed by atoms with Gasteiger partial charge in [-0.25, -0.2) is 0 Å². The Hall–Kier alpha value is -0.610. The van der Waals surface area contributed by atoms with Crippen LogP contribution in [-0.2, 0) is 14.3 Å². The molecule has 82 valence electrons. The zero-order valence-electron chi connectivity index (χ0n) is 8.91. The van der Waals surface area contributed by atoms with E-state index in [1.807, 2.05) is 6.92 Å². The normalized spacial score (nSPS) is 20.4. The molecular weight excluding hydrogens is 182 g/mol. The van der Waals surface area contributed by atoms with Crippen molar-refractivity contribution in [1.82, 2.24) is 5.32 Å². The van der Waals surface area contributed by atoms with Gasteiger partial charge in [0.2, 0.25) is 5.91 Å². The maximum Gasteiger partial charge on any atom is 0.223 e. The summed E-state index contributed by atoms with van der Waals surface area (Å²) >= 11 is 0. The summed E-state index contributed by atoms with van der Waals surface area (Å²) < 4.78 is 10.2. The van der Waals surface area contributed by atoms with E-state index in [0.29, 0.717) is 19.8 Å². The number of methoxy groups -OCH3 is 1. The number of hydrogen-bond acceptors (Lipinski definition) is 3. The fourth-order valence-corrected chi connectivity index (χ4v) is 1.61. The van der Waals surface area contributed by atoms with Crippen molar-refractivity contribution in [2.24, 2.45) is 5.92 Å². The highest BCUT2D eigenvalue weighted by Gasteiger charge is 2.22. The number of carbonyl (C=O) groups excluding carboxylic acids is 1. The van der Waals surface area contributed by atoms with Gasteiger partial charge in [0.1, 0.15) is 0 Å². The smallest absolute Gasteiger partial charge is 0.223 e. The standard InChI is InChI=1S/C10H19NO3/c1-8(7-13-2)11-10(12)9-3-5-14-6-4-9/h8-9H,3-7H2,1-2H3,(H,11,12)/t8-/m1/s1. The molecule has 0 saturated carbocycles. The lowest BCUT2D eigenvalue weighted by Crippen LogP contribution is -2.41. The first-order chi connectivity index (χ1) is 6.74. The van der Waals surface area contributed by atoms with Gasteiger partial charge >= 0.3 is 0 Å². The van der Waals surface area contributed by atoms with Crippen LogP contribution in [-0.4, -0.2) is 38.9 Å². The Morgan fingerprint density at radius 1 is 1.57 bits per heavy atom. The van der Waals surface area contributed by atoms with Gasteiger partial charge in [0, 0.05) is 32.3 Å². The first-order valence-corrected chi connectivity index (χ1v) is 5.11. The molecule has 1 N–H and O–H groups in total. The summed E-state index contributed by atoms with van der Waals surface area (Å²) in [6.07, 6.45) is 1.68. The van der Waals surface area contributed by atoms with Gasteiger partial charge in [-0.3, -0.25) is 4.79 Å². The molecule has 0 unspecified atom stereocenters. The maximum absolute atomic E-state index is 11.7. The second kappa shape index (κ2) is 5.98. The van der Waals surface area contributed by atoms with Crippen LogP contribution in [0, 0.1) is 5.92 Å². The molecule has 0 aromatic heterocycles. The molecule has 1 saturated heterocycles. The predicted molar refractivity (Wildman–Crippen MR) is 53.0 cm³/mol. The van der Waals surface area contributed by atoms with E-state index >= 15 is 0 Å². The van der Waals surface area contributed by atoms with Gasteiger partial charge in [-0.05, 0) is 19.8 Å². The van der Waals surface area contributed by atoms with Crippen molar-refractivity contribution in [3.8, 4) is 0 Å². The van der Waals surface area contributed by atoms with Crippen LogP contribution in [0.1, 0.15) is 19.8 Å². The summed E-state index contributed by atoms with van der Waals surface area (Å²) in [6, 6.07) is 0.0929. The molecule has 1 rings (SSSR count). The van der Waals surface area contributed by atoms with Crippen molar-refractivity contribution in [1.29, 1.82) is 0 Å². The maximum atomic E-state index is 11.7. The van der Waals surface area contributed by atoms with Crippen LogP contribution in [0.25, 0.3) is 0 Å². The van der Waals surface area contributed by atoms with E-state index in [2.05, 4.69) is 5.32 Å². The molecule has 0 aromatic carbocycles. The quantitative estimate of drug-likeness (QED) is 0.723. The van der Waals surface area contributed by atoms with Crippen LogP contribution in [0.2, 0.25) is 0 Å². The molecule has 4 nitrogen and oxygen atoms in total. The number of amides is 1. The fraction of sp³-hybridized carbons (Fsp3) is 0.900. The summed E-state index contributed by atoms with van der Waals surface area (Å²) in [5.74, 6) is 0.265. The lowest BCUT2D eigenvalue weighted by Gasteiger charge is -2.23. The molecule has 1 atom stereocenters. The van der Waals surface area contributed by atoms with Gasteiger partial charge in [0.25, 0.3) is 0 Å². The van der Waals surface area contributed by atoms with Gasteiger partial charge in [-0.2, -0.15) is 0 Å². The molecule has 0 bridgehead atoms. The first-order valence-electron chi connectivity index (χ1n) is 5.11. The van der Waals surface area contributed by atoms with Gasteiger partial charge in [-0.15, -0.1) is 0 Å². The molecule has 1 aliphatic heterocycles. The third-order valence-corrected chi connectivity index (χ3v) is 2.40. The van der Waals surface area contributed by atoms with Crippen molar-refractivity contribution < 1.29 is 14.3 Å². The van der Waals surface area contributed by atoms with Crippen LogP contribution in [0.15, 0.2) is 0 Å². The average Bonchev–Trinajstić information content (AvgIpc) is 2.19. The first kappa shape index (κ1) is 11.5. The highest BCUT2D eigenvalue weighted by Crippen LogP contribution is 2.14. The lowest BCUT2D eigenvalue weighted by molar-refractivity contribution is -0.128. The predicted octanol–water partition coefficient (Wildman–Crippen LogP) is 0.564. The van der Waals surface area contributed by atoms with Crippen LogP contribution < -0.4 is 5.32 Å². The molecule has 1 aliphatic rings. The Morgan fingerprint density at radius 3 is 2.79 bits per heavy atom. The van der Waals surface area contributed by atoms with Crippen LogP contribution in [0.3, 0.4) is 0 Å². The van der Waals surface area contributed by atoms with Gasteiger partial charge < -0.3 is 14.8 Å². The van der Waals surface area contributed by atoms with E-state index < -0.39 is 0 Å². The van der Waals surface area contributed by atoms with Gasteiger partial charge in [0.15, 0.2) is 0 Å². The topological polar surface area (TPSA) is 47.6 Å². The second-order valence-electron chi connectivity index (χ2n) is 3.75. The number of nitrogens with one attached hydrogen (secondary N) is 1. The fourth-order valence-electron chi connectivity index (χ4n) is 1.61. The summed E-state index contributed by atoms with van der Waals surface area (Å²) in [4.78, 5) is 11.7. The van der Waals surface area contributed by atoms with E-state index in [1.165, 1.54) is 0 Å². The van der Waals surface area contributed by atoms with Crippen LogP contribution in [0.5, 0.6) is 0 Å². The van der Waals surface area contributed by atoms with Crippen molar-refractivity contribution >= 4 is 5.91 Å². The molecule has 0 spiro atoms. The third-order valence-electron chi connectivity index (χ3n) is 2.40. The van der Waals surface area contributed by atoms with E-state index in [9.17, 15) is 4.79 Å². The van der Waals surface area contributed by atoms with Crippen molar-refractivity contribution in [3.63, 3.8) is 0 Å². The molecule has 0 aliphatic carbocycles. The molecule has 0 radical (unpaired) electrons. The Balaban J connectivity index is 2.25. The SMILES string of the molecule is COC[C@@H](C)NC(=O)C1CCOCC1. The monoisotopic (exact) mass is 201 g/mol. The number of hydrogen-bond donors (Lipinski definition) is 1. The minimum absolute atomic E-state index is 0.0929. The molecule has 1 amide bonds. The Bertz CT molecular complexity index is 178. The van der Waals surface area contributed by atoms with Crippen molar-refractivity contribution in [3.05, 3.63) is 0 Å². The molecule has 4 heteroatoms. The average molecular weight is 201 g/mol. The minimum Gasteiger partial charge on any atom is -0.383 e.